The van der Waals surface area contributed by atoms with Gasteiger partial charge in [-0.1, -0.05) is 41.6 Å². The molecule has 0 aliphatic heterocycles. The highest BCUT2D eigenvalue weighted by atomic mass is 32.1. The zero-order valence-corrected chi connectivity index (χ0v) is 14.9. The van der Waals surface area contributed by atoms with E-state index in [1.165, 1.54) is 11.3 Å². The second-order valence-corrected chi connectivity index (χ2v) is 7.29. The number of hydrogen-bond acceptors (Lipinski definition) is 6. The smallest absolute Gasteiger partial charge is 0.329 e. The van der Waals surface area contributed by atoms with E-state index in [9.17, 15) is 13.2 Å². The maximum absolute atomic E-state index is 12.6. The van der Waals surface area contributed by atoms with E-state index in [-0.39, 0.29) is 5.82 Å². The van der Waals surface area contributed by atoms with Crippen molar-refractivity contribution >= 4 is 11.3 Å². The summed E-state index contributed by atoms with van der Waals surface area (Å²) in [6.45, 7) is 2.85. The number of alkyl halides is 3. The van der Waals surface area contributed by atoms with Gasteiger partial charge in [-0.15, -0.1) is 16.4 Å². The van der Waals surface area contributed by atoms with E-state index >= 15 is 0 Å². The second kappa shape index (κ2) is 6.76. The molecule has 0 fully saturated rings. The van der Waals surface area contributed by atoms with Crippen molar-refractivity contribution in [3.8, 4) is 21.3 Å². The standard InChI is InChI=1S/C17H14F3N5OS/c1-10-4-2-3-5-11(10)8-25-9-12(22-24-25)13-6-7-14(27-13)15-21-16(26-23-15)17(18,19)20/h2-7,9-11H,8H2,1H3. The molecule has 3 aromatic heterocycles. The lowest BCUT2D eigenvalue weighted by Crippen LogP contribution is -2.16. The van der Waals surface area contributed by atoms with E-state index in [0.717, 1.165) is 4.88 Å². The van der Waals surface area contributed by atoms with Crippen LogP contribution < -0.4 is 0 Å². The van der Waals surface area contributed by atoms with Crippen LogP contribution in [0.3, 0.4) is 0 Å². The average Bonchev–Trinajstić information content (AvgIpc) is 3.36. The molecule has 0 bridgehead atoms. The van der Waals surface area contributed by atoms with Crippen LogP contribution in [-0.4, -0.2) is 25.1 Å². The molecule has 0 aromatic carbocycles. The van der Waals surface area contributed by atoms with Crippen molar-refractivity contribution in [1.29, 1.82) is 0 Å². The molecule has 0 radical (unpaired) electrons. The first-order valence-corrected chi connectivity index (χ1v) is 8.98. The molecule has 0 saturated heterocycles. The molecule has 27 heavy (non-hydrogen) atoms. The monoisotopic (exact) mass is 393 g/mol. The summed E-state index contributed by atoms with van der Waals surface area (Å²) in [5.41, 5.74) is 0.647. The van der Waals surface area contributed by atoms with Gasteiger partial charge >= 0.3 is 12.1 Å². The number of hydrogen-bond donors (Lipinski definition) is 0. The van der Waals surface area contributed by atoms with E-state index < -0.39 is 12.1 Å². The Morgan fingerprint density at radius 1 is 1.19 bits per heavy atom. The van der Waals surface area contributed by atoms with Gasteiger partial charge in [-0.25, -0.2) is 0 Å². The van der Waals surface area contributed by atoms with Crippen LogP contribution in [0.1, 0.15) is 12.8 Å². The van der Waals surface area contributed by atoms with Gasteiger partial charge in [-0.05, 0) is 18.1 Å². The summed E-state index contributed by atoms with van der Waals surface area (Å²) in [4.78, 5) is 4.63. The molecule has 0 amide bonds. The maximum atomic E-state index is 12.6. The third-order valence-corrected chi connectivity index (χ3v) is 5.35. The largest absolute Gasteiger partial charge is 0.471 e. The molecule has 3 heterocycles. The molecule has 0 N–H and O–H groups in total. The van der Waals surface area contributed by atoms with Crippen molar-refractivity contribution in [2.75, 3.05) is 0 Å². The predicted molar refractivity (Wildman–Crippen MR) is 92.6 cm³/mol. The van der Waals surface area contributed by atoms with E-state index in [1.807, 2.05) is 18.3 Å². The topological polar surface area (TPSA) is 69.6 Å². The van der Waals surface area contributed by atoms with Crippen LogP contribution in [0.25, 0.3) is 21.3 Å². The number of nitrogens with zero attached hydrogens (tertiary/aromatic N) is 5. The normalized spacial score (nSPS) is 19.7. The predicted octanol–water partition coefficient (Wildman–Crippen LogP) is 4.45. The molecule has 0 saturated carbocycles. The van der Waals surface area contributed by atoms with Gasteiger partial charge in [0.25, 0.3) is 0 Å². The van der Waals surface area contributed by atoms with Crippen LogP contribution in [0.5, 0.6) is 0 Å². The average molecular weight is 393 g/mol. The third-order valence-electron chi connectivity index (χ3n) is 4.24. The maximum Gasteiger partial charge on any atom is 0.471 e. The van der Waals surface area contributed by atoms with Crippen LogP contribution >= 0.6 is 11.3 Å². The Labute approximate surface area is 156 Å². The minimum Gasteiger partial charge on any atom is -0.329 e. The highest BCUT2D eigenvalue weighted by molar-refractivity contribution is 7.18. The van der Waals surface area contributed by atoms with Crippen LogP contribution in [-0.2, 0) is 12.7 Å². The van der Waals surface area contributed by atoms with E-state index in [4.69, 9.17) is 0 Å². The molecule has 2 unspecified atom stereocenters. The SMILES string of the molecule is CC1C=CC=CC1Cn1cc(-c2ccc(-c3noc(C(F)(F)F)n3)s2)nn1. The summed E-state index contributed by atoms with van der Waals surface area (Å²) >= 11 is 1.23. The molecule has 4 rings (SSSR count). The van der Waals surface area contributed by atoms with Crippen LogP contribution in [0.15, 0.2) is 47.2 Å². The first-order valence-electron chi connectivity index (χ1n) is 8.17. The fourth-order valence-electron chi connectivity index (χ4n) is 2.74. The Kier molecular flexibility index (Phi) is 4.42. The van der Waals surface area contributed by atoms with Crippen LogP contribution in [0.2, 0.25) is 0 Å². The van der Waals surface area contributed by atoms with Gasteiger partial charge in [0.1, 0.15) is 5.69 Å². The number of aromatic nitrogens is 5. The Balaban J connectivity index is 1.51. The number of halogens is 3. The van der Waals surface area contributed by atoms with Gasteiger partial charge in [0, 0.05) is 12.5 Å². The van der Waals surface area contributed by atoms with Crippen molar-refractivity contribution in [2.24, 2.45) is 11.8 Å². The summed E-state index contributed by atoms with van der Waals surface area (Å²) in [7, 11) is 0. The van der Waals surface area contributed by atoms with Crippen molar-refractivity contribution in [2.45, 2.75) is 19.6 Å². The summed E-state index contributed by atoms with van der Waals surface area (Å²) in [5.74, 6) is -0.707. The third kappa shape index (κ3) is 3.70. The van der Waals surface area contributed by atoms with Crippen molar-refractivity contribution in [3.05, 3.63) is 48.5 Å². The molecular weight excluding hydrogens is 379 g/mol. The minimum absolute atomic E-state index is 0.0982. The summed E-state index contributed by atoms with van der Waals surface area (Å²) in [6, 6.07) is 3.39. The number of thiophene rings is 1. The van der Waals surface area contributed by atoms with Gasteiger partial charge in [0.15, 0.2) is 0 Å². The second-order valence-electron chi connectivity index (χ2n) is 6.20. The Morgan fingerprint density at radius 2 is 1.96 bits per heavy atom. The summed E-state index contributed by atoms with van der Waals surface area (Å²) in [6.07, 6.45) is 5.51. The van der Waals surface area contributed by atoms with Gasteiger partial charge in [0.05, 0.1) is 16.0 Å². The van der Waals surface area contributed by atoms with Gasteiger partial charge in [0.2, 0.25) is 5.82 Å². The minimum atomic E-state index is -4.66. The lowest BCUT2D eigenvalue weighted by Gasteiger charge is -2.19. The van der Waals surface area contributed by atoms with Gasteiger partial charge < -0.3 is 4.52 Å². The molecule has 0 spiro atoms. The first-order chi connectivity index (χ1) is 12.9. The van der Waals surface area contributed by atoms with E-state index in [1.54, 1.807) is 16.8 Å². The van der Waals surface area contributed by atoms with Crippen molar-refractivity contribution in [3.63, 3.8) is 0 Å². The summed E-state index contributed by atoms with van der Waals surface area (Å²) in [5, 5.41) is 11.7. The van der Waals surface area contributed by atoms with Gasteiger partial charge in [-0.2, -0.15) is 18.2 Å². The molecule has 3 aromatic rings. The Bertz CT molecular complexity index is 1000. The molecular formula is C17H14F3N5OS. The molecule has 1 aliphatic rings. The van der Waals surface area contributed by atoms with E-state index in [2.05, 4.69) is 44.1 Å². The lowest BCUT2D eigenvalue weighted by molar-refractivity contribution is -0.159. The molecule has 1 aliphatic carbocycles. The fourth-order valence-corrected chi connectivity index (χ4v) is 3.62. The molecule has 6 nitrogen and oxygen atoms in total. The highest BCUT2D eigenvalue weighted by Gasteiger charge is 2.38. The Morgan fingerprint density at radius 3 is 2.70 bits per heavy atom. The zero-order valence-electron chi connectivity index (χ0n) is 14.1. The lowest BCUT2D eigenvalue weighted by atomic mass is 9.90. The molecule has 2 atom stereocenters. The highest BCUT2D eigenvalue weighted by Crippen LogP contribution is 2.34. The number of allylic oxidation sites excluding steroid dienone is 4. The van der Waals surface area contributed by atoms with Crippen LogP contribution in [0, 0.1) is 11.8 Å². The quantitative estimate of drug-likeness (QED) is 0.655. The Hall–Kier alpha value is -2.75. The van der Waals surface area contributed by atoms with Gasteiger partial charge in [-0.3, -0.25) is 4.68 Å². The molecule has 10 heteroatoms. The summed E-state index contributed by atoms with van der Waals surface area (Å²) < 4.78 is 43.8. The van der Waals surface area contributed by atoms with Crippen molar-refractivity contribution < 1.29 is 17.7 Å². The number of rotatable bonds is 4. The van der Waals surface area contributed by atoms with Crippen LogP contribution in [0.4, 0.5) is 13.2 Å². The first kappa shape index (κ1) is 17.7. The molecule has 140 valence electrons. The zero-order chi connectivity index (χ0) is 19.0. The fraction of sp³-hybridized carbons (Fsp3) is 0.294. The van der Waals surface area contributed by atoms with E-state index in [0.29, 0.717) is 29.0 Å². The van der Waals surface area contributed by atoms with Crippen molar-refractivity contribution in [1.82, 2.24) is 25.1 Å².